The molecule has 0 amide bonds. The van der Waals surface area contributed by atoms with E-state index in [1.54, 1.807) is 0 Å². The summed E-state index contributed by atoms with van der Waals surface area (Å²) in [5, 5.41) is 13.4. The molecule has 0 aromatic heterocycles. The van der Waals surface area contributed by atoms with Gasteiger partial charge in [-0.2, -0.15) is 0 Å². The molecule has 0 radical (unpaired) electrons. The fourth-order valence-electron chi connectivity index (χ4n) is 5.13. The van der Waals surface area contributed by atoms with Crippen LogP contribution in [-0.4, -0.2) is 29.8 Å². The molecule has 0 heterocycles. The molecule has 3 saturated carbocycles. The molecular weight excluding hydrogens is 248 g/mol. The summed E-state index contributed by atoms with van der Waals surface area (Å²) in [6.07, 6.45) is 14.7. The first kappa shape index (κ1) is 14.8. The van der Waals surface area contributed by atoms with E-state index in [2.05, 4.69) is 5.32 Å². The molecule has 2 atom stereocenters. The van der Waals surface area contributed by atoms with Crippen LogP contribution in [0.3, 0.4) is 0 Å². The molecule has 3 aliphatic carbocycles. The number of nitrogens with two attached hydrogens (primary N) is 1. The van der Waals surface area contributed by atoms with Crippen molar-refractivity contribution in [2.75, 3.05) is 13.2 Å². The number of aliphatic hydroxyl groups is 1. The molecular formula is C17H32N2O. The van der Waals surface area contributed by atoms with Gasteiger partial charge in [0.15, 0.2) is 0 Å². The normalized spacial score (nSPS) is 35.7. The number of nitrogens with one attached hydrogen (secondary N) is 1. The maximum Gasteiger partial charge on any atom is 0.0474 e. The van der Waals surface area contributed by atoms with Crippen LogP contribution in [-0.2, 0) is 0 Å². The molecule has 0 bridgehead atoms. The van der Waals surface area contributed by atoms with Gasteiger partial charge in [-0.25, -0.2) is 0 Å². The van der Waals surface area contributed by atoms with Gasteiger partial charge >= 0.3 is 0 Å². The summed E-state index contributed by atoms with van der Waals surface area (Å²) in [5.74, 6) is 0.459. The minimum atomic E-state index is 0.163. The second-order valence-electron chi connectivity index (χ2n) is 7.82. The standard InChI is InChI=1S/C17H32N2O/c18-13-17(19-15-5-3-4-14(15)12-20)10-8-16(9-11-17)6-1-2-7-16/h14-15,19-20H,1-13,18H2. The van der Waals surface area contributed by atoms with Crippen LogP contribution in [0.1, 0.15) is 70.6 Å². The highest BCUT2D eigenvalue weighted by atomic mass is 16.3. The molecule has 0 aliphatic heterocycles. The van der Waals surface area contributed by atoms with Gasteiger partial charge < -0.3 is 16.2 Å². The van der Waals surface area contributed by atoms with E-state index in [0.29, 0.717) is 24.0 Å². The van der Waals surface area contributed by atoms with E-state index in [0.717, 1.165) is 6.54 Å². The zero-order valence-electron chi connectivity index (χ0n) is 12.9. The molecule has 3 fully saturated rings. The van der Waals surface area contributed by atoms with Gasteiger partial charge in [-0.05, 0) is 62.7 Å². The molecule has 3 nitrogen and oxygen atoms in total. The fraction of sp³-hybridized carbons (Fsp3) is 1.00. The molecule has 20 heavy (non-hydrogen) atoms. The van der Waals surface area contributed by atoms with Crippen LogP contribution in [0, 0.1) is 11.3 Å². The minimum absolute atomic E-state index is 0.163. The number of hydrogen-bond donors (Lipinski definition) is 3. The minimum Gasteiger partial charge on any atom is -0.396 e. The average molecular weight is 280 g/mol. The maximum absolute atomic E-state index is 9.52. The summed E-state index contributed by atoms with van der Waals surface area (Å²) in [6.45, 7) is 1.10. The lowest BCUT2D eigenvalue weighted by molar-refractivity contribution is 0.0935. The van der Waals surface area contributed by atoms with Crippen molar-refractivity contribution < 1.29 is 5.11 Å². The van der Waals surface area contributed by atoms with Crippen LogP contribution in [0.2, 0.25) is 0 Å². The summed E-state index contributed by atoms with van der Waals surface area (Å²) in [4.78, 5) is 0. The highest BCUT2D eigenvalue weighted by Gasteiger charge is 2.44. The summed E-state index contributed by atoms with van der Waals surface area (Å²) >= 11 is 0. The Kier molecular flexibility index (Phi) is 4.40. The van der Waals surface area contributed by atoms with Gasteiger partial charge in [0.1, 0.15) is 0 Å². The molecule has 4 N–H and O–H groups in total. The van der Waals surface area contributed by atoms with Crippen molar-refractivity contribution in [3.8, 4) is 0 Å². The first-order chi connectivity index (χ1) is 9.71. The van der Waals surface area contributed by atoms with Gasteiger partial charge in [0, 0.05) is 24.7 Å². The van der Waals surface area contributed by atoms with Crippen molar-refractivity contribution in [1.29, 1.82) is 0 Å². The van der Waals surface area contributed by atoms with Crippen molar-refractivity contribution >= 4 is 0 Å². The Labute approximate surface area is 123 Å². The Hall–Kier alpha value is -0.120. The maximum atomic E-state index is 9.52. The zero-order valence-corrected chi connectivity index (χ0v) is 12.9. The molecule has 116 valence electrons. The molecule has 3 rings (SSSR count). The number of rotatable bonds is 4. The van der Waals surface area contributed by atoms with Crippen molar-refractivity contribution in [3.63, 3.8) is 0 Å². The van der Waals surface area contributed by atoms with Gasteiger partial charge in [-0.15, -0.1) is 0 Å². The molecule has 3 aliphatic rings. The first-order valence-corrected chi connectivity index (χ1v) is 8.80. The van der Waals surface area contributed by atoms with E-state index >= 15 is 0 Å². The monoisotopic (exact) mass is 280 g/mol. The fourth-order valence-corrected chi connectivity index (χ4v) is 5.13. The van der Waals surface area contributed by atoms with Crippen molar-refractivity contribution in [2.45, 2.75) is 82.2 Å². The quantitative estimate of drug-likeness (QED) is 0.742. The first-order valence-electron chi connectivity index (χ1n) is 8.80. The predicted molar refractivity (Wildman–Crippen MR) is 82.5 cm³/mol. The second-order valence-corrected chi connectivity index (χ2v) is 7.82. The molecule has 0 aromatic carbocycles. The lowest BCUT2D eigenvalue weighted by Gasteiger charge is -2.47. The van der Waals surface area contributed by atoms with Gasteiger partial charge in [-0.3, -0.25) is 0 Å². The molecule has 1 spiro atoms. The summed E-state index contributed by atoms with van der Waals surface area (Å²) in [6, 6.07) is 0.501. The summed E-state index contributed by atoms with van der Waals surface area (Å²) < 4.78 is 0. The topological polar surface area (TPSA) is 58.3 Å². The highest BCUT2D eigenvalue weighted by molar-refractivity contribution is 5.02. The summed E-state index contributed by atoms with van der Waals surface area (Å²) in [5.41, 5.74) is 7.00. The third-order valence-electron chi connectivity index (χ3n) is 6.71. The van der Waals surface area contributed by atoms with Gasteiger partial charge in [0.2, 0.25) is 0 Å². The van der Waals surface area contributed by atoms with E-state index in [-0.39, 0.29) is 5.54 Å². The number of hydrogen-bond acceptors (Lipinski definition) is 3. The molecule has 0 saturated heterocycles. The van der Waals surface area contributed by atoms with E-state index in [4.69, 9.17) is 5.73 Å². The Morgan fingerprint density at radius 2 is 1.65 bits per heavy atom. The van der Waals surface area contributed by atoms with Crippen molar-refractivity contribution in [2.24, 2.45) is 17.1 Å². The Bertz CT molecular complexity index is 315. The van der Waals surface area contributed by atoms with Crippen LogP contribution < -0.4 is 11.1 Å². The highest BCUT2D eigenvalue weighted by Crippen LogP contribution is 2.51. The smallest absolute Gasteiger partial charge is 0.0474 e. The van der Waals surface area contributed by atoms with Crippen molar-refractivity contribution in [1.82, 2.24) is 5.32 Å². The Balaban J connectivity index is 1.61. The third-order valence-corrected chi connectivity index (χ3v) is 6.71. The van der Waals surface area contributed by atoms with Gasteiger partial charge in [-0.1, -0.05) is 19.3 Å². The average Bonchev–Trinajstić information content (AvgIpc) is 3.11. The molecule has 0 aromatic rings. The van der Waals surface area contributed by atoms with Crippen LogP contribution in [0.15, 0.2) is 0 Å². The summed E-state index contributed by atoms with van der Waals surface area (Å²) in [7, 11) is 0. The largest absolute Gasteiger partial charge is 0.396 e. The van der Waals surface area contributed by atoms with Gasteiger partial charge in [0.05, 0.1) is 0 Å². The SMILES string of the molecule is NCC1(NC2CCCC2CO)CCC2(CCCC2)CC1. The van der Waals surface area contributed by atoms with Gasteiger partial charge in [0.25, 0.3) is 0 Å². The predicted octanol–water partition coefficient (Wildman–Crippen LogP) is 2.57. The zero-order chi connectivity index (χ0) is 14.1. The molecule has 2 unspecified atom stereocenters. The van der Waals surface area contributed by atoms with Crippen LogP contribution in [0.5, 0.6) is 0 Å². The number of aliphatic hydroxyl groups excluding tert-OH is 1. The van der Waals surface area contributed by atoms with E-state index in [9.17, 15) is 5.11 Å². The Morgan fingerprint density at radius 1 is 0.950 bits per heavy atom. The third kappa shape index (κ3) is 2.77. The van der Waals surface area contributed by atoms with E-state index in [1.165, 1.54) is 70.6 Å². The second kappa shape index (κ2) is 5.94. The van der Waals surface area contributed by atoms with E-state index < -0.39 is 0 Å². The lowest BCUT2D eigenvalue weighted by atomic mass is 9.66. The lowest BCUT2D eigenvalue weighted by Crippen LogP contribution is -2.58. The van der Waals surface area contributed by atoms with E-state index in [1.807, 2.05) is 0 Å². The molecule has 3 heteroatoms. The Morgan fingerprint density at radius 3 is 2.25 bits per heavy atom. The van der Waals surface area contributed by atoms with Crippen molar-refractivity contribution in [3.05, 3.63) is 0 Å². The van der Waals surface area contributed by atoms with Crippen LogP contribution >= 0.6 is 0 Å². The van der Waals surface area contributed by atoms with Crippen LogP contribution in [0.4, 0.5) is 0 Å². The van der Waals surface area contributed by atoms with Crippen LogP contribution in [0.25, 0.3) is 0 Å².